The number of benzene rings is 1. The third-order valence-electron chi connectivity index (χ3n) is 2.06. The highest BCUT2D eigenvalue weighted by atomic mass is 35.5. The molecule has 0 saturated heterocycles. The van der Waals surface area contributed by atoms with Gasteiger partial charge in [0.05, 0.1) is 12.8 Å². The number of aliphatic carboxylic acids is 1. The van der Waals surface area contributed by atoms with Gasteiger partial charge in [0.2, 0.25) is 10.0 Å². The van der Waals surface area contributed by atoms with E-state index in [9.17, 15) is 13.2 Å². The molecule has 0 radical (unpaired) electrons. The number of hydrogen-bond acceptors (Lipinski definition) is 4. The van der Waals surface area contributed by atoms with Crippen LogP contribution in [-0.2, 0) is 14.8 Å². The first-order chi connectivity index (χ1) is 8.25. The van der Waals surface area contributed by atoms with Crippen molar-refractivity contribution in [3.63, 3.8) is 0 Å². The highest BCUT2D eigenvalue weighted by Crippen LogP contribution is 2.31. The van der Waals surface area contributed by atoms with Crippen molar-refractivity contribution in [1.82, 2.24) is 0 Å². The molecule has 0 aliphatic rings. The summed E-state index contributed by atoms with van der Waals surface area (Å²) in [5.41, 5.74) is 0.797. The summed E-state index contributed by atoms with van der Waals surface area (Å²) >= 11 is 5.87. The van der Waals surface area contributed by atoms with Gasteiger partial charge in [-0.15, -0.1) is 0 Å². The fourth-order valence-electron chi connectivity index (χ4n) is 1.28. The Bertz CT molecular complexity index is 570. The van der Waals surface area contributed by atoms with Gasteiger partial charge >= 0.3 is 5.97 Å². The maximum atomic E-state index is 11.5. The summed E-state index contributed by atoms with van der Waals surface area (Å²) < 4.78 is 30.1. The summed E-state index contributed by atoms with van der Waals surface area (Å²) in [5, 5.41) is 8.90. The van der Waals surface area contributed by atoms with E-state index in [-0.39, 0.29) is 11.4 Å². The summed E-state index contributed by atoms with van der Waals surface area (Å²) in [6.07, 6.45) is 0. The van der Waals surface area contributed by atoms with E-state index < -0.39 is 21.7 Å². The highest BCUT2D eigenvalue weighted by molar-refractivity contribution is 7.93. The summed E-state index contributed by atoms with van der Waals surface area (Å²) in [6.45, 7) is 1.69. The molecule has 0 spiro atoms. The van der Waals surface area contributed by atoms with Crippen molar-refractivity contribution in [3.05, 3.63) is 22.7 Å². The summed E-state index contributed by atoms with van der Waals surface area (Å²) in [6, 6.07) is 2.93. The van der Waals surface area contributed by atoms with E-state index >= 15 is 0 Å². The van der Waals surface area contributed by atoms with Crippen molar-refractivity contribution in [2.45, 2.75) is 6.92 Å². The zero-order chi connectivity index (χ0) is 13.9. The molecule has 8 heteroatoms. The molecule has 0 fully saturated rings. The first kappa shape index (κ1) is 14.6. The monoisotopic (exact) mass is 293 g/mol. The highest BCUT2D eigenvalue weighted by Gasteiger charge is 2.18. The van der Waals surface area contributed by atoms with E-state index in [0.717, 1.165) is 0 Å². The molecular weight excluding hydrogens is 282 g/mol. The molecule has 1 rings (SSSR count). The zero-order valence-electron chi connectivity index (χ0n) is 9.73. The zero-order valence-corrected chi connectivity index (χ0v) is 11.3. The van der Waals surface area contributed by atoms with Crippen LogP contribution < -0.4 is 9.46 Å². The molecule has 1 aromatic carbocycles. The lowest BCUT2D eigenvalue weighted by Crippen LogP contribution is -2.22. The largest absolute Gasteiger partial charge is 0.495 e. The molecule has 0 bridgehead atoms. The Morgan fingerprint density at radius 1 is 1.50 bits per heavy atom. The molecule has 0 heterocycles. The molecule has 0 amide bonds. The average Bonchev–Trinajstić information content (AvgIpc) is 2.20. The van der Waals surface area contributed by atoms with Gasteiger partial charge in [-0.25, -0.2) is 8.42 Å². The van der Waals surface area contributed by atoms with Gasteiger partial charge in [0.25, 0.3) is 0 Å². The van der Waals surface area contributed by atoms with Gasteiger partial charge in [0, 0.05) is 11.1 Å². The molecule has 0 unspecified atom stereocenters. The second-order valence-electron chi connectivity index (χ2n) is 3.56. The van der Waals surface area contributed by atoms with Crippen LogP contribution in [0.2, 0.25) is 5.02 Å². The number of hydrogen-bond donors (Lipinski definition) is 2. The Morgan fingerprint density at radius 2 is 2.11 bits per heavy atom. The van der Waals surface area contributed by atoms with Crippen molar-refractivity contribution < 1.29 is 23.1 Å². The van der Waals surface area contributed by atoms with Crippen LogP contribution >= 0.6 is 11.6 Å². The molecule has 1 aromatic rings. The number of anilines is 1. The van der Waals surface area contributed by atoms with E-state index in [2.05, 4.69) is 4.72 Å². The van der Waals surface area contributed by atoms with E-state index in [4.69, 9.17) is 21.4 Å². The molecule has 100 valence electrons. The molecule has 18 heavy (non-hydrogen) atoms. The van der Waals surface area contributed by atoms with Gasteiger partial charge in [-0.2, -0.15) is 0 Å². The Balaban J connectivity index is 3.11. The summed E-state index contributed by atoms with van der Waals surface area (Å²) in [4.78, 5) is 10.4. The summed E-state index contributed by atoms with van der Waals surface area (Å²) in [7, 11) is -2.61. The Labute approximate surface area is 110 Å². The van der Waals surface area contributed by atoms with Crippen LogP contribution in [0.4, 0.5) is 5.69 Å². The molecular formula is C10H12ClNO5S. The van der Waals surface area contributed by atoms with Gasteiger partial charge < -0.3 is 9.84 Å². The van der Waals surface area contributed by atoms with Crippen molar-refractivity contribution in [2.75, 3.05) is 17.6 Å². The van der Waals surface area contributed by atoms with Crippen molar-refractivity contribution >= 4 is 33.3 Å². The molecule has 0 aromatic heterocycles. The number of halogens is 1. The van der Waals surface area contributed by atoms with Crippen LogP contribution in [0, 0.1) is 6.92 Å². The first-order valence-corrected chi connectivity index (χ1v) is 6.84. The van der Waals surface area contributed by atoms with E-state index in [0.29, 0.717) is 10.6 Å². The molecule has 0 saturated carbocycles. The fraction of sp³-hybridized carbons (Fsp3) is 0.300. The quantitative estimate of drug-likeness (QED) is 0.858. The maximum Gasteiger partial charge on any atom is 0.320 e. The number of methoxy groups -OCH3 is 1. The molecule has 0 aliphatic carbocycles. The average molecular weight is 294 g/mol. The van der Waals surface area contributed by atoms with E-state index in [1.54, 1.807) is 6.92 Å². The number of aryl methyl sites for hydroxylation is 1. The molecule has 0 atom stereocenters. The number of sulfonamides is 1. The predicted molar refractivity (Wildman–Crippen MR) is 67.8 cm³/mol. The Kier molecular flexibility index (Phi) is 4.42. The van der Waals surface area contributed by atoms with Crippen molar-refractivity contribution in [3.8, 4) is 5.75 Å². The van der Waals surface area contributed by atoms with Crippen LogP contribution in [-0.4, -0.2) is 32.4 Å². The van der Waals surface area contributed by atoms with E-state index in [1.807, 2.05) is 0 Å². The normalized spacial score (nSPS) is 11.1. The number of carboxylic acids is 1. The smallest absolute Gasteiger partial charge is 0.320 e. The first-order valence-electron chi connectivity index (χ1n) is 4.81. The van der Waals surface area contributed by atoms with Crippen molar-refractivity contribution in [2.24, 2.45) is 0 Å². The van der Waals surface area contributed by atoms with Crippen LogP contribution in [0.15, 0.2) is 12.1 Å². The molecule has 2 N–H and O–H groups in total. The van der Waals surface area contributed by atoms with E-state index in [1.165, 1.54) is 19.2 Å². The Hall–Kier alpha value is -1.47. The number of carbonyl (C=O) groups is 1. The predicted octanol–water partition coefficient (Wildman–Crippen LogP) is 1.48. The van der Waals surface area contributed by atoms with Gasteiger partial charge in [-0.1, -0.05) is 11.6 Å². The second kappa shape index (κ2) is 5.45. The van der Waals surface area contributed by atoms with Crippen LogP contribution in [0.1, 0.15) is 5.56 Å². The number of rotatable bonds is 5. The number of ether oxygens (including phenoxy) is 1. The maximum absolute atomic E-state index is 11.5. The minimum absolute atomic E-state index is 0.153. The second-order valence-corrected chi connectivity index (χ2v) is 5.69. The van der Waals surface area contributed by atoms with Gasteiger partial charge in [-0.3, -0.25) is 9.52 Å². The minimum atomic E-state index is -3.97. The van der Waals surface area contributed by atoms with Crippen LogP contribution in [0.25, 0.3) is 0 Å². The van der Waals surface area contributed by atoms with Gasteiger partial charge in [-0.05, 0) is 18.6 Å². The number of nitrogens with one attached hydrogen (secondary N) is 1. The van der Waals surface area contributed by atoms with Gasteiger partial charge in [0.15, 0.2) is 5.75 Å². The summed E-state index contributed by atoms with van der Waals surface area (Å²) in [5.74, 6) is -2.23. The Morgan fingerprint density at radius 3 is 2.61 bits per heavy atom. The lowest BCUT2D eigenvalue weighted by molar-refractivity contribution is -0.134. The minimum Gasteiger partial charge on any atom is -0.495 e. The lowest BCUT2D eigenvalue weighted by Gasteiger charge is -2.12. The fourth-order valence-corrected chi connectivity index (χ4v) is 2.32. The standard InChI is InChI=1S/C10H12ClNO5S/c1-6-3-8(9(17-2)4-7(6)11)12-18(15,16)5-10(13)14/h3-4,12H,5H2,1-2H3,(H,13,14). The SMILES string of the molecule is COc1cc(Cl)c(C)cc1NS(=O)(=O)CC(=O)O. The topological polar surface area (TPSA) is 92.7 Å². The van der Waals surface area contributed by atoms with Gasteiger partial charge in [0.1, 0.15) is 5.75 Å². The van der Waals surface area contributed by atoms with Crippen LogP contribution in [0.5, 0.6) is 5.75 Å². The third kappa shape index (κ3) is 3.78. The molecule has 6 nitrogen and oxygen atoms in total. The third-order valence-corrected chi connectivity index (χ3v) is 3.62. The number of carboxylic acid groups (broad SMARTS) is 1. The lowest BCUT2D eigenvalue weighted by atomic mass is 10.2. The molecule has 0 aliphatic heterocycles. The van der Waals surface area contributed by atoms with Crippen LogP contribution in [0.3, 0.4) is 0 Å². The van der Waals surface area contributed by atoms with Crippen molar-refractivity contribution in [1.29, 1.82) is 0 Å².